The van der Waals surface area contributed by atoms with E-state index < -0.39 is 11.6 Å². The van der Waals surface area contributed by atoms with Crippen molar-refractivity contribution in [2.75, 3.05) is 0 Å². The van der Waals surface area contributed by atoms with Gasteiger partial charge in [0.1, 0.15) is 11.6 Å². The van der Waals surface area contributed by atoms with Gasteiger partial charge in [-0.2, -0.15) is 0 Å². The third-order valence-corrected chi connectivity index (χ3v) is 3.80. The molecule has 84 valence electrons. The van der Waals surface area contributed by atoms with Crippen LogP contribution in [0.15, 0.2) is 28.1 Å². The van der Waals surface area contributed by atoms with Crippen molar-refractivity contribution < 1.29 is 8.78 Å². The van der Waals surface area contributed by atoms with Crippen molar-refractivity contribution in [3.63, 3.8) is 0 Å². The summed E-state index contributed by atoms with van der Waals surface area (Å²) in [6, 6.07) is 4.27. The molecular formula is C11H8BrF2NS. The van der Waals surface area contributed by atoms with E-state index in [4.69, 9.17) is 5.73 Å². The Bertz CT molecular complexity index is 525. The number of thiophene rings is 1. The van der Waals surface area contributed by atoms with Gasteiger partial charge in [-0.15, -0.1) is 11.3 Å². The SMILES string of the molecule is NCc1sccc1-c1c(F)ccc(Br)c1F. The first-order valence-corrected chi connectivity index (χ1v) is 6.22. The Morgan fingerprint density at radius 2 is 2.00 bits per heavy atom. The molecule has 0 aliphatic carbocycles. The van der Waals surface area contributed by atoms with Gasteiger partial charge in [0.05, 0.1) is 10.0 Å². The number of hydrogen-bond donors (Lipinski definition) is 1. The molecule has 0 unspecified atom stereocenters. The van der Waals surface area contributed by atoms with Crippen molar-refractivity contribution in [3.05, 3.63) is 44.6 Å². The topological polar surface area (TPSA) is 26.0 Å². The quantitative estimate of drug-likeness (QED) is 0.836. The van der Waals surface area contributed by atoms with Crippen LogP contribution in [0.5, 0.6) is 0 Å². The van der Waals surface area contributed by atoms with Crippen LogP contribution < -0.4 is 5.73 Å². The lowest BCUT2D eigenvalue weighted by molar-refractivity contribution is 0.585. The molecule has 2 aromatic rings. The molecule has 0 bridgehead atoms. The van der Waals surface area contributed by atoms with Gasteiger partial charge in [0.15, 0.2) is 0 Å². The lowest BCUT2D eigenvalue weighted by Crippen LogP contribution is -1.98. The Morgan fingerprint density at radius 3 is 2.69 bits per heavy atom. The molecule has 0 amide bonds. The summed E-state index contributed by atoms with van der Waals surface area (Å²) in [5.41, 5.74) is 6.04. The zero-order valence-corrected chi connectivity index (χ0v) is 10.5. The summed E-state index contributed by atoms with van der Waals surface area (Å²) in [6.07, 6.45) is 0. The van der Waals surface area contributed by atoms with Gasteiger partial charge in [0.25, 0.3) is 0 Å². The van der Waals surface area contributed by atoms with Gasteiger partial charge in [-0.05, 0) is 39.5 Å². The van der Waals surface area contributed by atoms with E-state index in [2.05, 4.69) is 15.9 Å². The summed E-state index contributed by atoms with van der Waals surface area (Å²) in [5.74, 6) is -1.16. The van der Waals surface area contributed by atoms with Gasteiger partial charge in [-0.25, -0.2) is 8.78 Å². The van der Waals surface area contributed by atoms with Crippen LogP contribution in [-0.2, 0) is 6.54 Å². The Morgan fingerprint density at radius 1 is 1.25 bits per heavy atom. The normalized spacial score (nSPS) is 10.8. The second-order valence-electron chi connectivity index (χ2n) is 3.18. The number of benzene rings is 1. The average Bonchev–Trinajstić information content (AvgIpc) is 2.72. The average molecular weight is 304 g/mol. The summed E-state index contributed by atoms with van der Waals surface area (Å²) >= 11 is 4.44. The summed E-state index contributed by atoms with van der Waals surface area (Å²) in [5, 5.41) is 1.78. The molecule has 0 saturated heterocycles. The molecule has 1 heterocycles. The maximum Gasteiger partial charge on any atom is 0.148 e. The van der Waals surface area contributed by atoms with Gasteiger partial charge < -0.3 is 5.73 Å². The highest BCUT2D eigenvalue weighted by Crippen LogP contribution is 2.34. The van der Waals surface area contributed by atoms with E-state index in [1.807, 2.05) is 0 Å². The minimum atomic E-state index is -0.590. The Hall–Kier alpha value is -0.780. The molecule has 0 radical (unpaired) electrons. The number of halogens is 3. The summed E-state index contributed by atoms with van der Waals surface area (Å²) in [7, 11) is 0. The van der Waals surface area contributed by atoms with Crippen molar-refractivity contribution in [2.45, 2.75) is 6.54 Å². The second-order valence-corrected chi connectivity index (χ2v) is 5.03. The van der Waals surface area contributed by atoms with E-state index >= 15 is 0 Å². The van der Waals surface area contributed by atoms with E-state index in [1.54, 1.807) is 11.4 Å². The predicted molar refractivity (Wildman–Crippen MR) is 65.3 cm³/mol. The van der Waals surface area contributed by atoms with Crippen LogP contribution in [0.2, 0.25) is 0 Å². The molecule has 1 aromatic heterocycles. The predicted octanol–water partition coefficient (Wildman–Crippen LogP) is 3.91. The first-order valence-electron chi connectivity index (χ1n) is 4.55. The standard InChI is InChI=1S/C11H8BrF2NS/c12-7-1-2-8(13)10(11(7)14)6-3-4-16-9(6)5-15/h1-4H,5,15H2. The Balaban J connectivity index is 2.68. The van der Waals surface area contributed by atoms with E-state index in [-0.39, 0.29) is 16.6 Å². The van der Waals surface area contributed by atoms with Gasteiger partial charge in [0.2, 0.25) is 0 Å². The number of hydrogen-bond acceptors (Lipinski definition) is 2. The molecule has 0 aliphatic rings. The molecule has 16 heavy (non-hydrogen) atoms. The van der Waals surface area contributed by atoms with E-state index in [9.17, 15) is 8.78 Å². The summed E-state index contributed by atoms with van der Waals surface area (Å²) in [4.78, 5) is 0.774. The Kier molecular flexibility index (Phi) is 3.37. The molecule has 0 fully saturated rings. The van der Waals surface area contributed by atoms with Crippen LogP contribution in [0.1, 0.15) is 4.88 Å². The minimum absolute atomic E-state index is 0.0175. The number of rotatable bonds is 2. The molecule has 1 nitrogen and oxygen atoms in total. The highest BCUT2D eigenvalue weighted by molar-refractivity contribution is 9.10. The van der Waals surface area contributed by atoms with E-state index in [0.717, 1.165) is 4.88 Å². The van der Waals surface area contributed by atoms with Crippen LogP contribution >= 0.6 is 27.3 Å². The highest BCUT2D eigenvalue weighted by Gasteiger charge is 2.17. The van der Waals surface area contributed by atoms with Crippen molar-refractivity contribution in [3.8, 4) is 11.1 Å². The molecule has 5 heteroatoms. The minimum Gasteiger partial charge on any atom is -0.326 e. The van der Waals surface area contributed by atoms with Gasteiger partial charge >= 0.3 is 0 Å². The highest BCUT2D eigenvalue weighted by atomic mass is 79.9. The number of nitrogens with two attached hydrogens (primary N) is 1. The molecular weight excluding hydrogens is 296 g/mol. The fraction of sp³-hybridized carbons (Fsp3) is 0.0909. The fourth-order valence-corrected chi connectivity index (χ4v) is 2.59. The Labute approximate surface area is 104 Å². The van der Waals surface area contributed by atoms with Crippen LogP contribution in [0.25, 0.3) is 11.1 Å². The molecule has 0 spiro atoms. The lowest BCUT2D eigenvalue weighted by atomic mass is 10.1. The molecule has 0 saturated carbocycles. The molecule has 2 N–H and O–H groups in total. The lowest BCUT2D eigenvalue weighted by Gasteiger charge is -2.06. The maximum atomic E-state index is 13.8. The zero-order valence-electron chi connectivity index (χ0n) is 8.14. The summed E-state index contributed by atoms with van der Waals surface area (Å²) in [6.45, 7) is 0.276. The van der Waals surface area contributed by atoms with E-state index in [1.165, 1.54) is 23.5 Å². The second kappa shape index (κ2) is 4.61. The third-order valence-electron chi connectivity index (χ3n) is 2.24. The van der Waals surface area contributed by atoms with E-state index in [0.29, 0.717) is 5.56 Å². The molecule has 0 aliphatic heterocycles. The monoisotopic (exact) mass is 303 g/mol. The van der Waals surface area contributed by atoms with Crippen LogP contribution in [0, 0.1) is 11.6 Å². The van der Waals surface area contributed by atoms with Crippen molar-refractivity contribution in [1.29, 1.82) is 0 Å². The van der Waals surface area contributed by atoms with Crippen LogP contribution in [0.3, 0.4) is 0 Å². The molecule has 2 rings (SSSR count). The van der Waals surface area contributed by atoms with Crippen LogP contribution in [-0.4, -0.2) is 0 Å². The third kappa shape index (κ3) is 1.90. The molecule has 1 aromatic carbocycles. The van der Waals surface area contributed by atoms with Crippen molar-refractivity contribution in [1.82, 2.24) is 0 Å². The van der Waals surface area contributed by atoms with Crippen molar-refractivity contribution >= 4 is 27.3 Å². The first-order chi connectivity index (χ1) is 7.65. The van der Waals surface area contributed by atoms with Crippen molar-refractivity contribution in [2.24, 2.45) is 5.73 Å². The van der Waals surface area contributed by atoms with Gasteiger partial charge in [-0.3, -0.25) is 0 Å². The smallest absolute Gasteiger partial charge is 0.148 e. The maximum absolute atomic E-state index is 13.8. The fourth-order valence-electron chi connectivity index (χ4n) is 1.50. The van der Waals surface area contributed by atoms with Gasteiger partial charge in [0, 0.05) is 17.0 Å². The first kappa shape index (κ1) is 11.7. The van der Waals surface area contributed by atoms with Crippen LogP contribution in [0.4, 0.5) is 8.78 Å². The summed E-state index contributed by atoms with van der Waals surface area (Å²) < 4.78 is 27.7. The zero-order chi connectivity index (χ0) is 11.7. The largest absolute Gasteiger partial charge is 0.326 e. The molecule has 0 atom stereocenters. The van der Waals surface area contributed by atoms with Gasteiger partial charge in [-0.1, -0.05) is 0 Å².